The highest BCUT2D eigenvalue weighted by atomic mass is 16.4. The molecule has 0 fully saturated rings. The van der Waals surface area contributed by atoms with Gasteiger partial charge in [0.15, 0.2) is 0 Å². The molecule has 2 N–H and O–H groups in total. The average Bonchev–Trinajstić information content (AvgIpc) is 2.12. The van der Waals surface area contributed by atoms with Crippen LogP contribution in [0.5, 0.6) is 0 Å². The van der Waals surface area contributed by atoms with Crippen LogP contribution in [0.15, 0.2) is 0 Å². The molecule has 0 aliphatic rings. The number of hydrogen-bond acceptors (Lipinski definition) is 2. The number of aliphatic carboxylic acids is 1. The third-order valence-electron chi connectivity index (χ3n) is 2.51. The molecule has 0 saturated carbocycles. The molecular formula is C10H19NO3. The van der Waals surface area contributed by atoms with Gasteiger partial charge in [-0.2, -0.15) is 0 Å². The van der Waals surface area contributed by atoms with Crippen LogP contribution in [0.1, 0.15) is 40.5 Å². The van der Waals surface area contributed by atoms with Gasteiger partial charge in [0.25, 0.3) is 0 Å². The lowest BCUT2D eigenvalue weighted by Crippen LogP contribution is -2.46. The van der Waals surface area contributed by atoms with E-state index in [0.717, 1.165) is 0 Å². The molecule has 0 aromatic rings. The molecule has 1 atom stereocenters. The first kappa shape index (κ1) is 12.9. The molecule has 0 heterocycles. The number of rotatable bonds is 5. The molecule has 0 aliphatic carbocycles. The van der Waals surface area contributed by atoms with Gasteiger partial charge in [-0.3, -0.25) is 4.79 Å². The number of carboxylic acid groups (broad SMARTS) is 1. The highest BCUT2D eigenvalue weighted by molar-refractivity contribution is 5.86. The first-order chi connectivity index (χ1) is 6.35. The largest absolute Gasteiger partial charge is 0.480 e. The number of amides is 1. The van der Waals surface area contributed by atoms with Crippen LogP contribution in [-0.4, -0.2) is 23.0 Å². The van der Waals surface area contributed by atoms with Gasteiger partial charge in [-0.15, -0.1) is 0 Å². The maximum absolute atomic E-state index is 11.6. The molecular weight excluding hydrogens is 182 g/mol. The van der Waals surface area contributed by atoms with Crippen molar-refractivity contribution in [1.82, 2.24) is 5.32 Å². The molecule has 0 bridgehead atoms. The average molecular weight is 201 g/mol. The van der Waals surface area contributed by atoms with Crippen LogP contribution in [0.3, 0.4) is 0 Å². The monoisotopic (exact) mass is 201 g/mol. The minimum absolute atomic E-state index is 0.200. The van der Waals surface area contributed by atoms with Gasteiger partial charge in [0.1, 0.15) is 6.04 Å². The lowest BCUT2D eigenvalue weighted by atomic mass is 9.89. The molecule has 0 radical (unpaired) electrons. The summed E-state index contributed by atoms with van der Waals surface area (Å²) in [5.41, 5.74) is -0.497. The summed E-state index contributed by atoms with van der Waals surface area (Å²) in [7, 11) is 0. The topological polar surface area (TPSA) is 66.4 Å². The molecule has 1 amide bonds. The first-order valence-corrected chi connectivity index (χ1v) is 4.89. The second-order valence-electron chi connectivity index (χ2n) is 4.01. The van der Waals surface area contributed by atoms with Crippen molar-refractivity contribution in [3.8, 4) is 0 Å². The molecule has 14 heavy (non-hydrogen) atoms. The van der Waals surface area contributed by atoms with Gasteiger partial charge in [0.05, 0.1) is 0 Å². The zero-order valence-electron chi connectivity index (χ0n) is 9.26. The third-order valence-corrected chi connectivity index (χ3v) is 2.51. The molecule has 0 spiro atoms. The second kappa shape index (κ2) is 4.98. The predicted octanol–water partition coefficient (Wildman–Crippen LogP) is 1.40. The van der Waals surface area contributed by atoms with E-state index >= 15 is 0 Å². The van der Waals surface area contributed by atoms with Crippen LogP contribution in [-0.2, 0) is 9.59 Å². The summed E-state index contributed by atoms with van der Waals surface area (Å²) >= 11 is 0. The Balaban J connectivity index is 4.37. The fourth-order valence-corrected chi connectivity index (χ4v) is 0.853. The predicted molar refractivity (Wildman–Crippen MR) is 53.9 cm³/mol. The van der Waals surface area contributed by atoms with E-state index in [-0.39, 0.29) is 5.91 Å². The van der Waals surface area contributed by atoms with Crippen molar-refractivity contribution in [3.05, 3.63) is 0 Å². The Hall–Kier alpha value is -1.06. The molecule has 0 aromatic heterocycles. The third kappa shape index (κ3) is 3.36. The minimum atomic E-state index is -0.979. The number of carbonyl (C=O) groups is 2. The summed E-state index contributed by atoms with van der Waals surface area (Å²) in [4.78, 5) is 22.3. The standard InChI is InChI=1S/C10H19NO3/c1-5-7(8(12)13)11-9(14)10(3,4)6-2/h7H,5-6H2,1-4H3,(H,11,14)(H,12,13). The maximum atomic E-state index is 11.6. The van der Waals surface area contributed by atoms with Gasteiger partial charge < -0.3 is 10.4 Å². The minimum Gasteiger partial charge on any atom is -0.480 e. The molecule has 82 valence electrons. The van der Waals surface area contributed by atoms with Crippen molar-refractivity contribution in [3.63, 3.8) is 0 Å². The van der Waals surface area contributed by atoms with E-state index in [2.05, 4.69) is 5.32 Å². The lowest BCUT2D eigenvalue weighted by Gasteiger charge is -2.23. The van der Waals surface area contributed by atoms with Gasteiger partial charge in [0, 0.05) is 5.41 Å². The lowest BCUT2D eigenvalue weighted by molar-refractivity contribution is -0.143. The number of nitrogens with one attached hydrogen (secondary N) is 1. The van der Waals surface area contributed by atoms with Crippen molar-refractivity contribution in [2.45, 2.75) is 46.6 Å². The molecule has 4 nitrogen and oxygen atoms in total. The Morgan fingerprint density at radius 3 is 2.14 bits per heavy atom. The van der Waals surface area contributed by atoms with E-state index in [9.17, 15) is 9.59 Å². The Bertz CT molecular complexity index is 223. The Morgan fingerprint density at radius 2 is 1.86 bits per heavy atom. The maximum Gasteiger partial charge on any atom is 0.326 e. The van der Waals surface area contributed by atoms with Crippen LogP contribution in [0, 0.1) is 5.41 Å². The van der Waals surface area contributed by atoms with Crippen LogP contribution in [0.2, 0.25) is 0 Å². The summed E-state index contributed by atoms with van der Waals surface area (Å²) in [5, 5.41) is 11.3. The van der Waals surface area contributed by atoms with Crippen LogP contribution < -0.4 is 5.32 Å². The van der Waals surface area contributed by atoms with E-state index in [4.69, 9.17) is 5.11 Å². The molecule has 1 unspecified atom stereocenters. The summed E-state index contributed by atoms with van der Waals surface area (Å²) in [6, 6.07) is -0.770. The SMILES string of the molecule is CCC(NC(=O)C(C)(C)CC)C(=O)O. The normalized spacial score (nSPS) is 13.4. The summed E-state index contributed by atoms with van der Waals surface area (Å²) in [5.74, 6) is -1.18. The van der Waals surface area contributed by atoms with Gasteiger partial charge in [-0.25, -0.2) is 4.79 Å². The zero-order chi connectivity index (χ0) is 11.4. The number of carbonyl (C=O) groups excluding carboxylic acids is 1. The number of carboxylic acids is 1. The van der Waals surface area contributed by atoms with E-state index < -0.39 is 17.4 Å². The number of hydrogen-bond donors (Lipinski definition) is 2. The van der Waals surface area contributed by atoms with Crippen molar-refractivity contribution in [2.75, 3.05) is 0 Å². The van der Waals surface area contributed by atoms with E-state index in [1.54, 1.807) is 20.8 Å². The van der Waals surface area contributed by atoms with Gasteiger partial charge >= 0.3 is 5.97 Å². The quantitative estimate of drug-likeness (QED) is 0.706. The van der Waals surface area contributed by atoms with Crippen molar-refractivity contribution in [2.24, 2.45) is 5.41 Å². The van der Waals surface area contributed by atoms with Gasteiger partial charge in [-0.1, -0.05) is 27.7 Å². The zero-order valence-corrected chi connectivity index (χ0v) is 9.26. The summed E-state index contributed by atoms with van der Waals surface area (Å²) in [6.07, 6.45) is 1.09. The fraction of sp³-hybridized carbons (Fsp3) is 0.800. The smallest absolute Gasteiger partial charge is 0.326 e. The van der Waals surface area contributed by atoms with E-state index in [0.29, 0.717) is 12.8 Å². The van der Waals surface area contributed by atoms with Crippen molar-refractivity contribution in [1.29, 1.82) is 0 Å². The summed E-state index contributed by atoms with van der Waals surface area (Å²) in [6.45, 7) is 7.24. The molecule has 4 heteroatoms. The van der Waals surface area contributed by atoms with Crippen molar-refractivity contribution >= 4 is 11.9 Å². The van der Waals surface area contributed by atoms with E-state index in [1.807, 2.05) is 6.92 Å². The second-order valence-corrected chi connectivity index (χ2v) is 4.01. The fourth-order valence-electron chi connectivity index (χ4n) is 0.853. The highest BCUT2D eigenvalue weighted by Crippen LogP contribution is 2.19. The Labute approximate surface area is 84.7 Å². The molecule has 0 rings (SSSR count). The first-order valence-electron chi connectivity index (χ1n) is 4.89. The Morgan fingerprint density at radius 1 is 1.36 bits per heavy atom. The van der Waals surface area contributed by atoms with Gasteiger partial charge in [-0.05, 0) is 12.8 Å². The van der Waals surface area contributed by atoms with Crippen LogP contribution in [0.4, 0.5) is 0 Å². The molecule has 0 aliphatic heterocycles. The van der Waals surface area contributed by atoms with Crippen LogP contribution in [0.25, 0.3) is 0 Å². The molecule has 0 aromatic carbocycles. The van der Waals surface area contributed by atoms with E-state index in [1.165, 1.54) is 0 Å². The van der Waals surface area contributed by atoms with Crippen LogP contribution >= 0.6 is 0 Å². The van der Waals surface area contributed by atoms with Crippen molar-refractivity contribution < 1.29 is 14.7 Å². The molecule has 0 saturated heterocycles. The highest BCUT2D eigenvalue weighted by Gasteiger charge is 2.28. The van der Waals surface area contributed by atoms with Gasteiger partial charge in [0.2, 0.25) is 5.91 Å². The Kier molecular flexibility index (Phi) is 4.60. The summed E-state index contributed by atoms with van der Waals surface area (Å²) < 4.78 is 0.